The number of β-amino-alcohol motifs (C(OH)–C–C–N with tert-alkyl or cyclic N) is 1. The summed E-state index contributed by atoms with van der Waals surface area (Å²) in [5.41, 5.74) is 1.97. The first-order valence-corrected chi connectivity index (χ1v) is 9.17. The number of nitrogens with zero attached hydrogens (tertiary/aromatic N) is 5. The lowest BCUT2D eigenvalue weighted by Gasteiger charge is -2.31. The highest BCUT2D eigenvalue weighted by Crippen LogP contribution is 2.31. The number of aliphatic hydroxyl groups excluding tert-OH is 1. The van der Waals surface area contributed by atoms with Gasteiger partial charge >= 0.3 is 0 Å². The van der Waals surface area contributed by atoms with Crippen LogP contribution in [0.25, 0.3) is 0 Å². The van der Waals surface area contributed by atoms with Gasteiger partial charge in [-0.1, -0.05) is 0 Å². The molecule has 1 amide bonds. The lowest BCUT2D eigenvalue weighted by Crippen LogP contribution is -2.37. The third kappa shape index (κ3) is 3.76. The Hall–Kier alpha value is -1.93. The third-order valence-electron chi connectivity index (χ3n) is 4.86. The minimum Gasteiger partial charge on any atom is -0.388 e. The van der Waals surface area contributed by atoms with Crippen molar-refractivity contribution in [3.8, 4) is 0 Å². The maximum absolute atomic E-state index is 11.8. The van der Waals surface area contributed by atoms with Gasteiger partial charge in [-0.05, 0) is 20.3 Å². The van der Waals surface area contributed by atoms with Crippen molar-refractivity contribution in [3.05, 3.63) is 11.3 Å². The summed E-state index contributed by atoms with van der Waals surface area (Å²) in [7, 11) is 3.81. The number of fused-ring (bicyclic) bond motifs is 1. The van der Waals surface area contributed by atoms with Gasteiger partial charge in [0.2, 0.25) is 11.9 Å². The first kappa shape index (κ1) is 18.8. The Morgan fingerprint density at radius 3 is 2.65 bits per heavy atom. The van der Waals surface area contributed by atoms with Crippen molar-refractivity contribution in [2.45, 2.75) is 52.0 Å². The second kappa shape index (κ2) is 7.36. The van der Waals surface area contributed by atoms with E-state index in [0.29, 0.717) is 32.1 Å². The molecule has 2 aliphatic heterocycles. The quantitative estimate of drug-likeness (QED) is 0.830. The molecular weight excluding hydrogens is 334 g/mol. The highest BCUT2D eigenvalue weighted by Gasteiger charge is 2.36. The van der Waals surface area contributed by atoms with E-state index < -0.39 is 6.10 Å². The Kier molecular flexibility index (Phi) is 5.34. The lowest BCUT2D eigenvalue weighted by atomic mass is 10.0. The first-order chi connectivity index (χ1) is 12.3. The van der Waals surface area contributed by atoms with E-state index in [9.17, 15) is 9.90 Å². The zero-order valence-corrected chi connectivity index (χ0v) is 16.3. The monoisotopic (exact) mass is 363 g/mol. The molecule has 1 fully saturated rings. The van der Waals surface area contributed by atoms with Crippen LogP contribution in [0.3, 0.4) is 0 Å². The van der Waals surface area contributed by atoms with E-state index in [1.54, 1.807) is 6.92 Å². The maximum Gasteiger partial charge on any atom is 0.227 e. The molecule has 144 valence electrons. The van der Waals surface area contributed by atoms with E-state index in [1.165, 1.54) is 0 Å². The van der Waals surface area contributed by atoms with Gasteiger partial charge in [-0.15, -0.1) is 0 Å². The number of carbonyl (C=O) groups excluding carboxylic acids is 1. The third-order valence-corrected chi connectivity index (χ3v) is 4.86. The predicted molar refractivity (Wildman–Crippen MR) is 99.4 cm³/mol. The van der Waals surface area contributed by atoms with E-state index in [4.69, 9.17) is 9.72 Å². The summed E-state index contributed by atoms with van der Waals surface area (Å²) in [6.07, 6.45) is 0.0273. The molecule has 3 heterocycles. The summed E-state index contributed by atoms with van der Waals surface area (Å²) in [4.78, 5) is 27.0. The average molecular weight is 363 g/mol. The molecular formula is C18H29N5O3. The number of rotatable bonds is 4. The van der Waals surface area contributed by atoms with Crippen LogP contribution in [0, 0.1) is 0 Å². The fraction of sp³-hybridized carbons (Fsp3) is 0.722. The molecule has 0 bridgehead atoms. The minimum absolute atomic E-state index is 0.0595. The zero-order valence-electron chi connectivity index (χ0n) is 16.3. The van der Waals surface area contributed by atoms with Gasteiger partial charge in [-0.25, -0.2) is 4.98 Å². The number of anilines is 2. The van der Waals surface area contributed by atoms with Crippen LogP contribution in [0.2, 0.25) is 0 Å². The van der Waals surface area contributed by atoms with Gasteiger partial charge < -0.3 is 24.5 Å². The molecule has 1 saturated heterocycles. The zero-order chi connectivity index (χ0) is 19.0. The molecule has 0 saturated carbocycles. The molecule has 2 atom stereocenters. The number of carbonyl (C=O) groups is 1. The highest BCUT2D eigenvalue weighted by atomic mass is 16.5. The number of aromatic nitrogens is 2. The number of amides is 1. The molecule has 0 unspecified atom stereocenters. The maximum atomic E-state index is 11.8. The molecule has 1 aromatic rings. The van der Waals surface area contributed by atoms with Gasteiger partial charge in [0.15, 0.2) is 0 Å². The summed E-state index contributed by atoms with van der Waals surface area (Å²) < 4.78 is 5.85. The second-order valence-corrected chi connectivity index (χ2v) is 7.55. The molecule has 8 nitrogen and oxygen atoms in total. The summed E-state index contributed by atoms with van der Waals surface area (Å²) in [6.45, 7) is 7.80. The standard InChI is InChI=1S/C18H29N5O3/c1-11(2)26-16-10-23(9-15(16)25)17-13-6-7-22(12(3)24)8-14(13)19-18(20-17)21(4)5/h11,15-16,25H,6-10H2,1-5H3/t15-,16-/m0/s1. The van der Waals surface area contributed by atoms with Crippen LogP contribution >= 0.6 is 0 Å². The van der Waals surface area contributed by atoms with Crippen LogP contribution in [-0.2, 0) is 22.5 Å². The van der Waals surface area contributed by atoms with Crippen molar-refractivity contribution in [2.75, 3.05) is 43.5 Å². The average Bonchev–Trinajstić information content (AvgIpc) is 2.93. The van der Waals surface area contributed by atoms with Crippen LogP contribution in [-0.4, -0.2) is 77.9 Å². The Morgan fingerprint density at radius 2 is 2.04 bits per heavy atom. The lowest BCUT2D eigenvalue weighted by molar-refractivity contribution is -0.129. The summed E-state index contributed by atoms with van der Waals surface area (Å²) in [6, 6.07) is 0. The van der Waals surface area contributed by atoms with Gasteiger partial charge in [0.1, 0.15) is 11.9 Å². The molecule has 26 heavy (non-hydrogen) atoms. The van der Waals surface area contributed by atoms with Crippen molar-refractivity contribution in [2.24, 2.45) is 0 Å². The minimum atomic E-state index is -0.539. The second-order valence-electron chi connectivity index (χ2n) is 7.55. The van der Waals surface area contributed by atoms with Crippen LogP contribution in [0.1, 0.15) is 32.0 Å². The molecule has 0 aliphatic carbocycles. The largest absolute Gasteiger partial charge is 0.388 e. The molecule has 0 radical (unpaired) electrons. The van der Waals surface area contributed by atoms with E-state index in [-0.39, 0.29) is 18.1 Å². The highest BCUT2D eigenvalue weighted by molar-refractivity contribution is 5.74. The normalized spacial score (nSPS) is 22.7. The fourth-order valence-corrected chi connectivity index (χ4v) is 3.54. The molecule has 1 N–H and O–H groups in total. The molecule has 0 spiro atoms. The molecule has 8 heteroatoms. The summed E-state index contributed by atoms with van der Waals surface area (Å²) >= 11 is 0. The predicted octanol–water partition coefficient (Wildman–Crippen LogP) is 0.422. The molecule has 0 aromatic carbocycles. The van der Waals surface area contributed by atoms with Gasteiger partial charge in [-0.3, -0.25) is 4.79 Å². The van der Waals surface area contributed by atoms with Gasteiger partial charge in [-0.2, -0.15) is 4.98 Å². The SMILES string of the molecule is CC(=O)N1CCc2c(nc(N(C)C)nc2N2C[C@H](OC(C)C)[C@@H](O)C2)C1. The molecule has 3 rings (SSSR count). The van der Waals surface area contributed by atoms with Gasteiger partial charge in [0.05, 0.1) is 24.4 Å². The molecule has 1 aromatic heterocycles. The molecule has 2 aliphatic rings. The Balaban J connectivity index is 1.93. The number of ether oxygens (including phenoxy) is 1. The smallest absolute Gasteiger partial charge is 0.227 e. The van der Waals surface area contributed by atoms with E-state index in [2.05, 4.69) is 9.88 Å². The summed E-state index contributed by atoms with van der Waals surface area (Å²) in [5.74, 6) is 1.53. The van der Waals surface area contributed by atoms with Crippen molar-refractivity contribution in [1.29, 1.82) is 0 Å². The van der Waals surface area contributed by atoms with E-state index >= 15 is 0 Å². The number of aliphatic hydroxyl groups is 1. The van der Waals surface area contributed by atoms with Crippen LogP contribution in [0.4, 0.5) is 11.8 Å². The Bertz CT molecular complexity index is 679. The van der Waals surface area contributed by atoms with Crippen molar-refractivity contribution in [3.63, 3.8) is 0 Å². The van der Waals surface area contributed by atoms with Crippen molar-refractivity contribution >= 4 is 17.7 Å². The summed E-state index contributed by atoms with van der Waals surface area (Å²) in [5, 5.41) is 10.4. The Labute approximate surface area is 154 Å². The van der Waals surface area contributed by atoms with Crippen molar-refractivity contribution in [1.82, 2.24) is 14.9 Å². The van der Waals surface area contributed by atoms with E-state index in [1.807, 2.05) is 37.7 Å². The number of hydrogen-bond donors (Lipinski definition) is 1. The Morgan fingerprint density at radius 1 is 1.31 bits per heavy atom. The van der Waals surface area contributed by atoms with Gasteiger partial charge in [0, 0.05) is 46.2 Å². The van der Waals surface area contributed by atoms with Crippen LogP contribution < -0.4 is 9.80 Å². The van der Waals surface area contributed by atoms with E-state index in [0.717, 1.165) is 23.5 Å². The van der Waals surface area contributed by atoms with Crippen LogP contribution in [0.15, 0.2) is 0 Å². The van der Waals surface area contributed by atoms with Gasteiger partial charge in [0.25, 0.3) is 0 Å². The first-order valence-electron chi connectivity index (χ1n) is 9.17. The van der Waals surface area contributed by atoms with Crippen molar-refractivity contribution < 1.29 is 14.6 Å². The van der Waals surface area contributed by atoms with Crippen LogP contribution in [0.5, 0.6) is 0 Å². The fourth-order valence-electron chi connectivity index (χ4n) is 3.54. The topological polar surface area (TPSA) is 82.0 Å². The number of hydrogen-bond acceptors (Lipinski definition) is 7.